The molecule has 0 fully saturated rings. The fourth-order valence-corrected chi connectivity index (χ4v) is 2.70. The third-order valence-electron chi connectivity index (χ3n) is 4.03. The maximum Gasteiger partial charge on any atom is 0.338 e. The van der Waals surface area contributed by atoms with Crippen LogP contribution in [0.15, 0.2) is 60.2 Å². The molecule has 0 radical (unpaired) electrons. The lowest BCUT2D eigenvalue weighted by Gasteiger charge is -2.21. The summed E-state index contributed by atoms with van der Waals surface area (Å²) in [4.78, 5) is 36.9. The summed E-state index contributed by atoms with van der Waals surface area (Å²) in [6.45, 7) is 2.12. The smallest absolute Gasteiger partial charge is 0.338 e. The number of imide groups is 1. The third-order valence-corrected chi connectivity index (χ3v) is 4.03. The molecule has 2 N–H and O–H groups in total. The second-order valence-electron chi connectivity index (χ2n) is 6.04. The molecule has 144 valence electrons. The van der Waals surface area contributed by atoms with Gasteiger partial charge in [0.2, 0.25) is 6.10 Å². The van der Waals surface area contributed by atoms with Crippen LogP contribution < -0.4 is 15.4 Å². The van der Waals surface area contributed by atoms with Crippen LogP contribution in [0.2, 0.25) is 0 Å². The summed E-state index contributed by atoms with van der Waals surface area (Å²) in [7, 11) is 0. The predicted octanol–water partition coefficient (Wildman–Crippen LogP) is 2.59. The molecule has 0 aromatic heterocycles. The number of benzene rings is 2. The Morgan fingerprint density at radius 2 is 1.79 bits per heavy atom. The van der Waals surface area contributed by atoms with E-state index in [2.05, 4.69) is 10.6 Å². The number of esters is 1. The van der Waals surface area contributed by atoms with E-state index in [-0.39, 0.29) is 12.2 Å². The van der Waals surface area contributed by atoms with Gasteiger partial charge in [0.1, 0.15) is 12.4 Å². The number of fused-ring (bicyclic) bond motifs is 1. The molecule has 3 rings (SSSR count). The Balaban J connectivity index is 1.80. The molecule has 7 heteroatoms. The molecule has 1 aliphatic rings. The number of para-hydroxylation sites is 1. The number of carbonyl (C=O) groups excluding carboxylic acids is 3. The van der Waals surface area contributed by atoms with E-state index in [0.717, 1.165) is 5.56 Å². The van der Waals surface area contributed by atoms with Crippen molar-refractivity contribution < 1.29 is 23.9 Å². The zero-order valence-electron chi connectivity index (χ0n) is 15.3. The Hall–Kier alpha value is -3.61. The van der Waals surface area contributed by atoms with Gasteiger partial charge in [-0.1, -0.05) is 48.5 Å². The zero-order chi connectivity index (χ0) is 19.9. The quantitative estimate of drug-likeness (QED) is 0.778. The van der Waals surface area contributed by atoms with E-state index < -0.39 is 24.0 Å². The molecule has 0 spiro atoms. The van der Waals surface area contributed by atoms with Crippen LogP contribution in [0.4, 0.5) is 4.79 Å². The molecular weight excluding hydrogens is 360 g/mol. The first kappa shape index (κ1) is 19.2. The average molecular weight is 380 g/mol. The number of urea groups is 1. The average Bonchev–Trinajstić information content (AvgIpc) is 2.72. The highest BCUT2D eigenvalue weighted by Crippen LogP contribution is 2.27. The maximum absolute atomic E-state index is 12.7. The number of amides is 3. The van der Waals surface area contributed by atoms with Gasteiger partial charge in [-0.2, -0.15) is 0 Å². The van der Waals surface area contributed by atoms with Crippen molar-refractivity contribution in [2.45, 2.75) is 13.0 Å². The molecule has 0 saturated heterocycles. The van der Waals surface area contributed by atoms with E-state index in [1.165, 1.54) is 0 Å². The highest BCUT2D eigenvalue weighted by Gasteiger charge is 2.29. The van der Waals surface area contributed by atoms with Crippen molar-refractivity contribution in [3.63, 3.8) is 0 Å². The number of hydrogen-bond acceptors (Lipinski definition) is 5. The monoisotopic (exact) mass is 380 g/mol. The molecule has 1 atom stereocenters. The van der Waals surface area contributed by atoms with E-state index in [1.807, 2.05) is 18.2 Å². The van der Waals surface area contributed by atoms with Gasteiger partial charge in [-0.3, -0.25) is 10.1 Å². The first-order chi connectivity index (χ1) is 13.6. The lowest BCUT2D eigenvalue weighted by atomic mass is 10.1. The fourth-order valence-electron chi connectivity index (χ4n) is 2.70. The predicted molar refractivity (Wildman–Crippen MR) is 102 cm³/mol. The third kappa shape index (κ3) is 4.56. The van der Waals surface area contributed by atoms with Crippen molar-refractivity contribution in [2.75, 3.05) is 13.2 Å². The van der Waals surface area contributed by atoms with Crippen LogP contribution in [-0.4, -0.2) is 31.1 Å². The molecular formula is C21H20N2O5. The van der Waals surface area contributed by atoms with Crippen molar-refractivity contribution in [1.29, 1.82) is 0 Å². The van der Waals surface area contributed by atoms with E-state index in [4.69, 9.17) is 9.47 Å². The summed E-state index contributed by atoms with van der Waals surface area (Å²) < 4.78 is 11.0. The Labute approximate surface area is 162 Å². The molecule has 3 amide bonds. The molecule has 28 heavy (non-hydrogen) atoms. The van der Waals surface area contributed by atoms with Gasteiger partial charge in [0.05, 0.1) is 5.57 Å². The number of hydrogen-bond donors (Lipinski definition) is 2. The first-order valence-electron chi connectivity index (χ1n) is 8.85. The van der Waals surface area contributed by atoms with Crippen molar-refractivity contribution >= 4 is 24.0 Å². The normalized spacial score (nSPS) is 13.2. The van der Waals surface area contributed by atoms with Crippen LogP contribution in [0.3, 0.4) is 0 Å². The largest absolute Gasteiger partial charge is 0.488 e. The van der Waals surface area contributed by atoms with Crippen LogP contribution in [-0.2, 0) is 14.3 Å². The zero-order valence-corrected chi connectivity index (χ0v) is 15.3. The molecule has 0 aliphatic carbocycles. The molecule has 7 nitrogen and oxygen atoms in total. The van der Waals surface area contributed by atoms with Crippen LogP contribution in [0.5, 0.6) is 5.75 Å². The molecule has 2 aromatic carbocycles. The second kappa shape index (κ2) is 8.85. The van der Waals surface area contributed by atoms with Crippen LogP contribution in [0, 0.1) is 0 Å². The second-order valence-corrected chi connectivity index (χ2v) is 6.04. The number of ether oxygens (including phenoxy) is 2. The van der Waals surface area contributed by atoms with Crippen molar-refractivity contribution in [3.8, 4) is 5.75 Å². The summed E-state index contributed by atoms with van der Waals surface area (Å²) in [5, 5.41) is 4.65. The number of nitrogens with one attached hydrogen (secondary N) is 2. The molecule has 1 heterocycles. The van der Waals surface area contributed by atoms with Gasteiger partial charge >= 0.3 is 12.0 Å². The van der Waals surface area contributed by atoms with E-state index in [1.54, 1.807) is 49.4 Å². The molecule has 0 saturated carbocycles. The van der Waals surface area contributed by atoms with Crippen molar-refractivity contribution in [3.05, 3.63) is 71.3 Å². The molecule has 1 aliphatic heterocycles. The Morgan fingerprint density at radius 1 is 1.07 bits per heavy atom. The van der Waals surface area contributed by atoms with Gasteiger partial charge in [0, 0.05) is 17.7 Å². The topological polar surface area (TPSA) is 93.7 Å². The van der Waals surface area contributed by atoms with E-state index >= 15 is 0 Å². The minimum Gasteiger partial charge on any atom is -0.488 e. The molecule has 2 aromatic rings. The Kier molecular flexibility index (Phi) is 6.06. The van der Waals surface area contributed by atoms with Gasteiger partial charge in [-0.25, -0.2) is 9.59 Å². The highest BCUT2D eigenvalue weighted by molar-refractivity contribution is 6.00. The Bertz CT molecular complexity index is 908. The molecule has 0 bridgehead atoms. The molecule has 0 unspecified atom stereocenters. The van der Waals surface area contributed by atoms with Gasteiger partial charge in [0.25, 0.3) is 5.91 Å². The van der Waals surface area contributed by atoms with Crippen LogP contribution in [0.25, 0.3) is 6.08 Å². The number of rotatable bonds is 5. The van der Waals surface area contributed by atoms with E-state index in [9.17, 15) is 14.4 Å². The van der Waals surface area contributed by atoms with Gasteiger partial charge in [0.15, 0.2) is 0 Å². The maximum atomic E-state index is 12.7. The summed E-state index contributed by atoms with van der Waals surface area (Å²) in [6.07, 6.45) is 0.402. The van der Waals surface area contributed by atoms with Gasteiger partial charge in [-0.05, 0) is 19.1 Å². The SMILES string of the molecule is CCNC(=O)NC(=O)[C@H](OC(=O)C1=Cc2ccccc2OC1)c1ccccc1. The van der Waals surface area contributed by atoms with Gasteiger partial charge < -0.3 is 14.8 Å². The lowest BCUT2D eigenvalue weighted by Crippen LogP contribution is -2.42. The minimum atomic E-state index is -1.27. The highest BCUT2D eigenvalue weighted by atomic mass is 16.6. The summed E-state index contributed by atoms with van der Waals surface area (Å²) >= 11 is 0. The van der Waals surface area contributed by atoms with Crippen molar-refractivity contribution in [2.24, 2.45) is 0 Å². The van der Waals surface area contributed by atoms with Gasteiger partial charge in [-0.15, -0.1) is 0 Å². The fraction of sp³-hybridized carbons (Fsp3) is 0.190. The lowest BCUT2D eigenvalue weighted by molar-refractivity contribution is -0.152. The standard InChI is InChI=1S/C21H20N2O5/c1-2-22-21(26)23-19(24)18(14-8-4-3-5-9-14)28-20(25)16-12-15-10-6-7-11-17(15)27-13-16/h3-12,18H,2,13H2,1H3,(H2,22,23,24,26)/t18-/m1/s1. The van der Waals surface area contributed by atoms with E-state index in [0.29, 0.717) is 17.9 Å². The van der Waals surface area contributed by atoms with Crippen LogP contribution >= 0.6 is 0 Å². The summed E-state index contributed by atoms with van der Waals surface area (Å²) in [5.41, 5.74) is 1.49. The summed E-state index contributed by atoms with van der Waals surface area (Å²) in [6, 6.07) is 15.2. The first-order valence-corrected chi connectivity index (χ1v) is 8.85. The van der Waals surface area contributed by atoms with Crippen LogP contribution in [0.1, 0.15) is 24.2 Å². The summed E-state index contributed by atoms with van der Waals surface area (Å²) in [5.74, 6) is -0.745. The Morgan fingerprint density at radius 3 is 2.54 bits per heavy atom. The minimum absolute atomic E-state index is 0.0370. The van der Waals surface area contributed by atoms with Crippen molar-refractivity contribution in [1.82, 2.24) is 10.6 Å². The number of carbonyl (C=O) groups is 3.